The summed E-state index contributed by atoms with van der Waals surface area (Å²) in [7, 11) is 0. The van der Waals surface area contributed by atoms with E-state index in [0.29, 0.717) is 22.8 Å². The van der Waals surface area contributed by atoms with E-state index in [1.54, 1.807) is 47.4 Å². The first-order valence-electron chi connectivity index (χ1n) is 16.2. The monoisotopic (exact) mass is 683 g/mol. The maximum absolute atomic E-state index is 14.0. The first kappa shape index (κ1) is 35.2. The number of anilines is 3. The van der Waals surface area contributed by atoms with Gasteiger partial charge in [-0.05, 0) is 97.8 Å². The predicted octanol–water partition coefficient (Wildman–Crippen LogP) is 7.93. The zero-order valence-corrected chi connectivity index (χ0v) is 28.0. The molecule has 0 radical (unpaired) electrons. The Bertz CT molecular complexity index is 1770. The Hall–Kier alpha value is -5.13. The van der Waals surface area contributed by atoms with Crippen LogP contribution in [-0.4, -0.2) is 46.8 Å². The lowest BCUT2D eigenvalue weighted by Gasteiger charge is -2.24. The molecular weight excluding hydrogens is 644 g/mol. The highest BCUT2D eigenvalue weighted by Crippen LogP contribution is 2.30. The number of carbonyl (C=O) groups is 3. The SMILES string of the molecule is CCN(c1ccccc1)[S+](O)c1cccc(NC(=O)N(Cc2ccc(C(=O)NCC(F)C(=O)O)cc2)c2ccc(C3=CCCCC3)cc2)c1. The molecule has 0 aromatic heterocycles. The third kappa shape index (κ3) is 9.27. The van der Waals surface area contributed by atoms with E-state index >= 15 is 0 Å². The summed E-state index contributed by atoms with van der Waals surface area (Å²) in [6.07, 6.45) is 4.50. The zero-order valence-electron chi connectivity index (χ0n) is 27.2. The van der Waals surface area contributed by atoms with Crippen molar-refractivity contribution < 1.29 is 28.4 Å². The smallest absolute Gasteiger partial charge is 0.340 e. The largest absolute Gasteiger partial charge is 0.479 e. The van der Waals surface area contributed by atoms with E-state index in [1.807, 2.05) is 71.9 Å². The van der Waals surface area contributed by atoms with Crippen molar-refractivity contribution in [2.45, 2.75) is 50.2 Å². The lowest BCUT2D eigenvalue weighted by Crippen LogP contribution is -2.35. The summed E-state index contributed by atoms with van der Waals surface area (Å²) >= 11 is -1.26. The van der Waals surface area contributed by atoms with Gasteiger partial charge in [-0.1, -0.05) is 54.6 Å². The van der Waals surface area contributed by atoms with Gasteiger partial charge in [-0.3, -0.25) is 9.69 Å². The lowest BCUT2D eigenvalue weighted by atomic mass is 9.93. The van der Waals surface area contributed by atoms with E-state index < -0.39 is 36.0 Å². The standard InChI is InChI=1S/C38H39FN4O5S/c1-2-43(33-13-7-4-8-14-33)49(48)34-15-9-12-31(24-34)41-38(47)42(32-22-20-29(21-23-32)28-10-5-3-6-11-28)26-27-16-18-30(19-17-27)36(44)40-25-35(39)37(45)46/h4,7-10,12-24,35,48H,2-3,5-6,11,25-26H2,1H3,(H2-,40,41,44,45,46,47)/p+1. The van der Waals surface area contributed by atoms with Crippen LogP contribution >= 0.6 is 0 Å². The molecule has 1 aliphatic carbocycles. The Morgan fingerprint density at radius 1 is 0.898 bits per heavy atom. The van der Waals surface area contributed by atoms with Gasteiger partial charge in [0.2, 0.25) is 11.1 Å². The van der Waals surface area contributed by atoms with E-state index in [1.165, 1.54) is 12.0 Å². The van der Waals surface area contributed by atoms with E-state index in [4.69, 9.17) is 5.11 Å². The maximum Gasteiger partial charge on any atom is 0.340 e. The van der Waals surface area contributed by atoms with Crippen LogP contribution in [0.5, 0.6) is 0 Å². The van der Waals surface area contributed by atoms with Gasteiger partial charge in [-0.2, -0.15) is 8.86 Å². The Morgan fingerprint density at radius 2 is 1.63 bits per heavy atom. The lowest BCUT2D eigenvalue weighted by molar-refractivity contribution is -0.142. The van der Waals surface area contributed by atoms with Crippen LogP contribution in [0.1, 0.15) is 54.1 Å². The van der Waals surface area contributed by atoms with Crippen molar-refractivity contribution in [1.29, 1.82) is 0 Å². The number of hydrogen-bond donors (Lipinski definition) is 4. The average Bonchev–Trinajstić information content (AvgIpc) is 3.14. The summed E-state index contributed by atoms with van der Waals surface area (Å²) in [5.74, 6) is -2.25. The minimum Gasteiger partial charge on any atom is -0.479 e. The first-order valence-corrected chi connectivity index (χ1v) is 17.4. The number of aliphatic carboxylic acids is 1. The molecular formula is C38H40FN4O5S+. The molecule has 49 heavy (non-hydrogen) atoms. The summed E-state index contributed by atoms with van der Waals surface area (Å²) in [5, 5.41) is 14.0. The number of carboxylic acids is 1. The van der Waals surface area contributed by atoms with Crippen molar-refractivity contribution in [2.75, 3.05) is 27.6 Å². The summed E-state index contributed by atoms with van der Waals surface area (Å²) in [6.45, 7) is 2.09. The topological polar surface area (TPSA) is 122 Å². The van der Waals surface area contributed by atoms with Crippen molar-refractivity contribution in [3.05, 3.63) is 126 Å². The summed E-state index contributed by atoms with van der Waals surface area (Å²) in [5.41, 5.74) is 5.46. The van der Waals surface area contributed by atoms with E-state index in [9.17, 15) is 23.3 Å². The number of allylic oxidation sites excluding steroid dienone is 2. The quantitative estimate of drug-likeness (QED) is 0.106. The number of nitrogens with one attached hydrogen (secondary N) is 2. The summed E-state index contributed by atoms with van der Waals surface area (Å²) < 4.78 is 26.6. The van der Waals surface area contributed by atoms with Crippen LogP contribution in [0.3, 0.4) is 0 Å². The van der Waals surface area contributed by atoms with Crippen molar-refractivity contribution in [1.82, 2.24) is 5.32 Å². The molecule has 4 aromatic carbocycles. The molecule has 0 saturated heterocycles. The van der Waals surface area contributed by atoms with Crippen LogP contribution in [0.25, 0.3) is 5.57 Å². The molecule has 254 valence electrons. The molecule has 0 saturated carbocycles. The van der Waals surface area contributed by atoms with E-state index in [-0.39, 0.29) is 18.1 Å². The number of nitrogens with zero attached hydrogens (tertiary/aromatic N) is 2. The fourth-order valence-electron chi connectivity index (χ4n) is 5.56. The van der Waals surface area contributed by atoms with Gasteiger partial charge < -0.3 is 15.7 Å². The van der Waals surface area contributed by atoms with Gasteiger partial charge in [0.15, 0.2) is 0 Å². The van der Waals surface area contributed by atoms with Crippen molar-refractivity contribution in [2.24, 2.45) is 0 Å². The second kappa shape index (κ2) is 16.8. The number of carbonyl (C=O) groups excluding carboxylic acids is 2. The minimum absolute atomic E-state index is 0.170. The number of para-hydroxylation sites is 1. The zero-order chi connectivity index (χ0) is 34.8. The molecule has 2 unspecified atom stereocenters. The molecule has 0 aliphatic heterocycles. The van der Waals surface area contributed by atoms with Crippen molar-refractivity contribution in [3.8, 4) is 0 Å². The molecule has 11 heteroatoms. The molecule has 4 N–H and O–H groups in total. The van der Waals surface area contributed by atoms with Crippen molar-refractivity contribution in [3.63, 3.8) is 0 Å². The van der Waals surface area contributed by atoms with Crippen LogP contribution in [0.2, 0.25) is 0 Å². The second-order valence-corrected chi connectivity index (χ2v) is 13.0. The molecule has 1 aliphatic rings. The van der Waals surface area contributed by atoms with E-state index in [2.05, 4.69) is 16.7 Å². The highest BCUT2D eigenvalue weighted by molar-refractivity contribution is 7.93. The highest BCUT2D eigenvalue weighted by atomic mass is 32.2. The summed E-state index contributed by atoms with van der Waals surface area (Å²) in [4.78, 5) is 39.4. The molecule has 0 fully saturated rings. The molecule has 0 heterocycles. The van der Waals surface area contributed by atoms with Crippen LogP contribution in [-0.2, 0) is 22.7 Å². The second-order valence-electron chi connectivity index (χ2n) is 11.6. The van der Waals surface area contributed by atoms with Crippen LogP contribution in [0.15, 0.2) is 114 Å². The van der Waals surface area contributed by atoms with Crippen LogP contribution in [0.4, 0.5) is 26.2 Å². The number of benzene rings is 4. The number of amides is 3. The first-order chi connectivity index (χ1) is 23.7. The molecule has 2 atom stereocenters. The van der Waals surface area contributed by atoms with Gasteiger partial charge in [0.1, 0.15) is 0 Å². The van der Waals surface area contributed by atoms with Gasteiger partial charge in [0.25, 0.3) is 5.91 Å². The predicted molar refractivity (Wildman–Crippen MR) is 194 cm³/mol. The normalized spacial score (nSPS) is 13.8. The van der Waals surface area contributed by atoms with Gasteiger partial charge in [-0.15, -0.1) is 0 Å². The maximum atomic E-state index is 14.0. The molecule has 3 amide bonds. The van der Waals surface area contributed by atoms with E-state index in [0.717, 1.165) is 36.1 Å². The van der Waals surface area contributed by atoms with Crippen LogP contribution < -0.4 is 19.8 Å². The Labute approximate surface area is 288 Å². The minimum atomic E-state index is -2.20. The molecule has 0 spiro atoms. The molecule has 5 rings (SSSR count). The van der Waals surface area contributed by atoms with Gasteiger partial charge in [0.05, 0.1) is 25.3 Å². The highest BCUT2D eigenvalue weighted by Gasteiger charge is 2.30. The number of rotatable bonds is 13. The van der Waals surface area contributed by atoms with Crippen LogP contribution in [0, 0.1) is 0 Å². The molecule has 9 nitrogen and oxygen atoms in total. The van der Waals surface area contributed by atoms with Gasteiger partial charge in [0, 0.05) is 23.0 Å². The fraction of sp³-hybridized carbons (Fsp3) is 0.237. The number of hydrogen-bond acceptors (Lipinski definition) is 5. The average molecular weight is 684 g/mol. The van der Waals surface area contributed by atoms with Gasteiger partial charge in [-0.25, -0.2) is 14.0 Å². The van der Waals surface area contributed by atoms with Crippen molar-refractivity contribution >= 4 is 51.9 Å². The Morgan fingerprint density at radius 3 is 2.29 bits per heavy atom. The number of urea groups is 1. The Balaban J connectivity index is 1.36. The number of carboxylic acid groups (broad SMARTS) is 1. The Kier molecular flexibility index (Phi) is 12.1. The van der Waals surface area contributed by atoms with Gasteiger partial charge >= 0.3 is 23.4 Å². The number of alkyl halides is 1. The fourth-order valence-corrected chi connectivity index (χ4v) is 6.81. The third-order valence-electron chi connectivity index (χ3n) is 8.19. The molecule has 0 bridgehead atoms. The molecule has 4 aromatic rings. The third-order valence-corrected chi connectivity index (χ3v) is 9.75. The summed E-state index contributed by atoms with van der Waals surface area (Å²) in [6, 6.07) is 30.8. The number of halogens is 1.